The maximum absolute atomic E-state index is 12.6. The summed E-state index contributed by atoms with van der Waals surface area (Å²) in [4.78, 5) is 20.3. The molecule has 8 heteroatoms. The van der Waals surface area contributed by atoms with Crippen molar-refractivity contribution in [3.8, 4) is 0 Å². The first kappa shape index (κ1) is 21.6. The Morgan fingerprint density at radius 1 is 1.32 bits per heavy atom. The number of amides is 1. The Labute approximate surface area is 157 Å². The lowest BCUT2D eigenvalue weighted by Crippen LogP contribution is -2.28. The van der Waals surface area contributed by atoms with Gasteiger partial charge in [0.05, 0.1) is 10.3 Å². The lowest BCUT2D eigenvalue weighted by molar-refractivity contribution is 0.0827. The summed E-state index contributed by atoms with van der Waals surface area (Å²) in [5.74, 6) is 0.380. The molecule has 0 aliphatic carbocycles. The molecule has 0 saturated carbocycles. The minimum Gasteiger partial charge on any atom is -0.357 e. The van der Waals surface area contributed by atoms with Crippen molar-refractivity contribution in [1.29, 1.82) is 0 Å². The molecule has 1 aromatic rings. The van der Waals surface area contributed by atoms with E-state index in [9.17, 15) is 9.00 Å². The topological polar surface area (TPSA) is 65.9 Å². The second-order valence-electron chi connectivity index (χ2n) is 7.23. The van der Waals surface area contributed by atoms with Crippen LogP contribution in [0, 0.1) is 0 Å². The van der Waals surface area contributed by atoms with Crippen LogP contribution in [0.5, 0.6) is 0 Å². The Kier molecular flexibility index (Phi) is 7.14. The van der Waals surface area contributed by atoms with E-state index in [4.69, 9.17) is 11.6 Å². The van der Waals surface area contributed by atoms with Crippen molar-refractivity contribution in [3.63, 3.8) is 0 Å². The Bertz CT molecular complexity index is 697. The number of rotatable bonds is 5. The number of carbonyl (C=O) groups excluding carboxylic acids is 1. The van der Waals surface area contributed by atoms with Gasteiger partial charge in [-0.3, -0.25) is 4.79 Å². The molecule has 0 N–H and O–H groups in total. The number of pyridine rings is 1. The van der Waals surface area contributed by atoms with Gasteiger partial charge < -0.3 is 9.80 Å². The number of nitrogens with zero attached hydrogens (tertiary/aromatic N) is 4. The van der Waals surface area contributed by atoms with Crippen LogP contribution < -0.4 is 4.90 Å². The highest BCUT2D eigenvalue weighted by molar-refractivity contribution is 7.85. The Balaban J connectivity index is 3.48. The molecule has 6 nitrogen and oxygen atoms in total. The van der Waals surface area contributed by atoms with E-state index in [2.05, 4.69) is 9.38 Å². The van der Waals surface area contributed by atoms with Crippen molar-refractivity contribution < 1.29 is 9.00 Å². The number of hydrogen-bond donors (Lipinski definition) is 0. The van der Waals surface area contributed by atoms with Crippen LogP contribution in [0.3, 0.4) is 0 Å². The molecule has 1 rings (SSSR count). The van der Waals surface area contributed by atoms with Crippen LogP contribution in [0.15, 0.2) is 10.5 Å². The zero-order valence-corrected chi connectivity index (χ0v) is 17.7. The summed E-state index contributed by atoms with van der Waals surface area (Å²) >= 11 is 6.33. The first-order valence-corrected chi connectivity index (χ1v) is 9.45. The van der Waals surface area contributed by atoms with E-state index in [1.807, 2.05) is 46.6 Å². The van der Waals surface area contributed by atoms with Gasteiger partial charge in [0, 0.05) is 39.0 Å². The largest absolute Gasteiger partial charge is 0.357 e. The SMILES string of the molecule is CC(C)N(C)c1cc(C(=O)N(C)C)c(C=NS(=O)C(C)(C)C)c(Cl)n1. The van der Waals surface area contributed by atoms with Crippen LogP contribution in [0.1, 0.15) is 50.5 Å². The minimum absolute atomic E-state index is 0.157. The summed E-state index contributed by atoms with van der Waals surface area (Å²) in [6, 6.07) is 1.88. The first-order chi connectivity index (χ1) is 11.4. The molecular weight excluding hydrogens is 360 g/mol. The second kappa shape index (κ2) is 8.27. The Morgan fingerprint density at radius 2 is 1.88 bits per heavy atom. The second-order valence-corrected chi connectivity index (χ2v) is 9.52. The maximum Gasteiger partial charge on any atom is 0.254 e. The normalized spacial score (nSPS) is 13.4. The average molecular weight is 387 g/mol. The van der Waals surface area contributed by atoms with Gasteiger partial charge in [-0.15, -0.1) is 0 Å². The van der Waals surface area contributed by atoms with Gasteiger partial charge in [0.1, 0.15) is 22.0 Å². The summed E-state index contributed by atoms with van der Waals surface area (Å²) in [6.45, 7) is 9.52. The van der Waals surface area contributed by atoms with Crippen LogP contribution in [0.4, 0.5) is 5.82 Å². The molecule has 0 aliphatic heterocycles. The standard InChI is InChI=1S/C17H27ClN4O2S/c1-11(2)22(8)14-9-12(16(23)21(6)7)13(15(18)20-14)10-19-25(24)17(3,4)5/h9-11H,1-8H3. The molecule has 25 heavy (non-hydrogen) atoms. The Morgan fingerprint density at radius 3 is 2.32 bits per heavy atom. The van der Waals surface area contributed by atoms with Gasteiger partial charge in [-0.05, 0) is 40.7 Å². The van der Waals surface area contributed by atoms with Gasteiger partial charge in [0.2, 0.25) is 0 Å². The highest BCUT2D eigenvalue weighted by atomic mass is 35.5. The van der Waals surface area contributed by atoms with Gasteiger partial charge in [-0.25, -0.2) is 9.19 Å². The van der Waals surface area contributed by atoms with Crippen LogP contribution >= 0.6 is 11.6 Å². The van der Waals surface area contributed by atoms with Crippen molar-refractivity contribution in [2.45, 2.75) is 45.4 Å². The molecule has 1 heterocycles. The van der Waals surface area contributed by atoms with E-state index in [1.54, 1.807) is 20.2 Å². The third-order valence-electron chi connectivity index (χ3n) is 3.57. The van der Waals surface area contributed by atoms with Crippen LogP contribution in [0.2, 0.25) is 5.15 Å². The zero-order valence-electron chi connectivity index (χ0n) is 16.1. The van der Waals surface area contributed by atoms with Crippen molar-refractivity contribution in [3.05, 3.63) is 22.3 Å². The van der Waals surface area contributed by atoms with E-state index in [-0.39, 0.29) is 17.1 Å². The van der Waals surface area contributed by atoms with Crippen LogP contribution in [-0.4, -0.2) is 58.1 Å². The molecule has 1 aromatic heterocycles. The first-order valence-electron chi connectivity index (χ1n) is 7.97. The molecule has 1 atom stereocenters. The fraction of sp³-hybridized carbons (Fsp3) is 0.588. The zero-order chi connectivity index (χ0) is 19.5. The lowest BCUT2D eigenvalue weighted by atomic mass is 10.1. The molecule has 0 bridgehead atoms. The van der Waals surface area contributed by atoms with Crippen molar-refractivity contribution >= 4 is 40.5 Å². The van der Waals surface area contributed by atoms with Gasteiger partial charge in [0.15, 0.2) is 0 Å². The molecule has 0 aromatic carbocycles. The third kappa shape index (κ3) is 5.51. The van der Waals surface area contributed by atoms with Crippen molar-refractivity contribution in [1.82, 2.24) is 9.88 Å². The number of anilines is 1. The lowest BCUT2D eigenvalue weighted by Gasteiger charge is -2.24. The van der Waals surface area contributed by atoms with E-state index < -0.39 is 15.7 Å². The van der Waals surface area contributed by atoms with E-state index in [0.29, 0.717) is 16.9 Å². The molecule has 0 spiro atoms. The van der Waals surface area contributed by atoms with Crippen LogP contribution in [-0.2, 0) is 11.0 Å². The highest BCUT2D eigenvalue weighted by Gasteiger charge is 2.22. The highest BCUT2D eigenvalue weighted by Crippen LogP contribution is 2.25. The molecule has 0 aliphatic rings. The predicted molar refractivity (Wildman–Crippen MR) is 106 cm³/mol. The number of halogens is 1. The molecule has 0 radical (unpaired) electrons. The third-order valence-corrected chi connectivity index (χ3v) is 5.21. The summed E-state index contributed by atoms with van der Waals surface area (Å²) in [5, 5.41) is 0.157. The average Bonchev–Trinajstić information content (AvgIpc) is 2.49. The van der Waals surface area contributed by atoms with Crippen molar-refractivity contribution in [2.75, 3.05) is 26.0 Å². The molecule has 140 valence electrons. The monoisotopic (exact) mass is 386 g/mol. The van der Waals surface area contributed by atoms with Gasteiger partial charge in [0.25, 0.3) is 5.91 Å². The van der Waals surface area contributed by atoms with Gasteiger partial charge in [-0.1, -0.05) is 11.6 Å². The smallest absolute Gasteiger partial charge is 0.254 e. The van der Waals surface area contributed by atoms with E-state index in [0.717, 1.165) is 0 Å². The van der Waals surface area contributed by atoms with E-state index in [1.165, 1.54) is 11.1 Å². The van der Waals surface area contributed by atoms with E-state index >= 15 is 0 Å². The summed E-state index contributed by atoms with van der Waals surface area (Å²) < 4.78 is 15.8. The summed E-state index contributed by atoms with van der Waals surface area (Å²) in [6.07, 6.45) is 1.38. The number of aromatic nitrogens is 1. The molecule has 0 fully saturated rings. The summed E-state index contributed by atoms with van der Waals surface area (Å²) in [5.41, 5.74) is 0.751. The summed E-state index contributed by atoms with van der Waals surface area (Å²) in [7, 11) is 3.76. The van der Waals surface area contributed by atoms with Gasteiger partial charge >= 0.3 is 0 Å². The predicted octanol–water partition coefficient (Wildman–Crippen LogP) is 3.16. The quantitative estimate of drug-likeness (QED) is 0.575. The number of hydrogen-bond acceptors (Lipinski definition) is 4. The molecular formula is C17H27ClN4O2S. The molecule has 1 amide bonds. The van der Waals surface area contributed by atoms with Gasteiger partial charge in [-0.2, -0.15) is 4.40 Å². The molecule has 0 saturated heterocycles. The molecule has 1 unspecified atom stereocenters. The Hall–Kier alpha value is -1.47. The fourth-order valence-electron chi connectivity index (χ4n) is 1.76. The minimum atomic E-state index is -1.45. The fourth-order valence-corrected chi connectivity index (χ4v) is 2.51. The maximum atomic E-state index is 12.6. The van der Waals surface area contributed by atoms with Crippen molar-refractivity contribution in [2.24, 2.45) is 4.40 Å². The van der Waals surface area contributed by atoms with Crippen LogP contribution in [0.25, 0.3) is 0 Å². The number of carbonyl (C=O) groups is 1.